The van der Waals surface area contributed by atoms with Crippen LogP contribution >= 0.6 is 0 Å². The molecule has 0 saturated carbocycles. The molecule has 5 heterocycles. The molecule has 0 bridgehead atoms. The maximum atomic E-state index is 12.5. The minimum Gasteiger partial charge on any atom is -0.484 e. The first-order chi connectivity index (χ1) is 19.0. The van der Waals surface area contributed by atoms with Crippen LogP contribution in [0.15, 0.2) is 36.9 Å². The molecule has 0 radical (unpaired) electrons. The highest BCUT2D eigenvalue weighted by molar-refractivity contribution is 5.75. The van der Waals surface area contributed by atoms with Crippen LogP contribution in [0.25, 0.3) is 16.8 Å². The normalized spacial score (nSPS) is 15.2. The monoisotopic (exact) mass is 542 g/mol. The fourth-order valence-corrected chi connectivity index (χ4v) is 5.02. The van der Waals surface area contributed by atoms with E-state index in [9.17, 15) is 10.1 Å². The van der Waals surface area contributed by atoms with E-state index in [2.05, 4.69) is 26.5 Å². The summed E-state index contributed by atoms with van der Waals surface area (Å²) in [6, 6.07) is 6.25. The number of nitrogens with zero attached hydrogens (tertiary/aromatic N) is 8. The van der Waals surface area contributed by atoms with Crippen molar-refractivity contribution in [2.75, 3.05) is 13.1 Å². The van der Waals surface area contributed by atoms with Crippen LogP contribution in [-0.2, 0) is 4.74 Å². The molecule has 0 N–H and O–H groups in total. The average Bonchev–Trinajstić information content (AvgIpc) is 3.51. The summed E-state index contributed by atoms with van der Waals surface area (Å²) in [7, 11) is 0. The van der Waals surface area contributed by atoms with Crippen molar-refractivity contribution >= 4 is 11.6 Å². The summed E-state index contributed by atoms with van der Waals surface area (Å²) >= 11 is 0. The van der Waals surface area contributed by atoms with Gasteiger partial charge < -0.3 is 14.4 Å². The largest absolute Gasteiger partial charge is 0.484 e. The molecule has 5 rings (SSSR count). The van der Waals surface area contributed by atoms with Crippen molar-refractivity contribution in [3.63, 3.8) is 0 Å². The Morgan fingerprint density at radius 3 is 2.58 bits per heavy atom. The maximum Gasteiger partial charge on any atom is 0.410 e. The van der Waals surface area contributed by atoms with Gasteiger partial charge in [-0.15, -0.1) is 5.10 Å². The van der Waals surface area contributed by atoms with E-state index in [1.54, 1.807) is 21.8 Å². The lowest BCUT2D eigenvalue weighted by atomic mass is 10.0. The molecule has 11 heteroatoms. The van der Waals surface area contributed by atoms with Crippen LogP contribution in [0.2, 0.25) is 0 Å². The number of hydrogen-bond acceptors (Lipinski definition) is 8. The molecule has 1 unspecified atom stereocenters. The number of piperidine rings is 1. The number of rotatable bonds is 5. The molecule has 4 aromatic heterocycles. The van der Waals surface area contributed by atoms with Crippen molar-refractivity contribution in [1.82, 2.24) is 34.5 Å². The second-order valence-corrected chi connectivity index (χ2v) is 11.3. The number of pyridine rings is 2. The van der Waals surface area contributed by atoms with Crippen LogP contribution in [0.1, 0.15) is 75.1 Å². The number of ether oxygens (including phenoxy) is 2. The first-order valence-corrected chi connectivity index (χ1v) is 13.4. The standard InChI is InChI=1S/C29H34N8O3/c1-18-11-21(15-31-14-18)20(3)39-25-12-22(17-36-27(25)23(13-30)16-32-36)26-19(2)37(34-33-26)24-7-9-35(10-8-24)28(38)40-29(4,5)6/h11-12,14-17,20,24H,7-10H2,1-6H3. The number of aromatic nitrogens is 6. The van der Waals surface area contributed by atoms with Crippen molar-refractivity contribution in [3.8, 4) is 23.1 Å². The Hall–Kier alpha value is -4.46. The van der Waals surface area contributed by atoms with Gasteiger partial charge in [-0.25, -0.2) is 14.0 Å². The van der Waals surface area contributed by atoms with Gasteiger partial charge in [0, 0.05) is 42.8 Å². The molecule has 208 valence electrons. The molecular weight excluding hydrogens is 508 g/mol. The quantitative estimate of drug-likeness (QED) is 0.338. The number of carbonyl (C=O) groups excluding carboxylic acids is 1. The van der Waals surface area contributed by atoms with Gasteiger partial charge in [0.15, 0.2) is 0 Å². The minimum atomic E-state index is -0.522. The fraction of sp³-hybridized carbons (Fsp3) is 0.448. The molecule has 4 aromatic rings. The Labute approximate surface area is 233 Å². The smallest absolute Gasteiger partial charge is 0.410 e. The maximum absolute atomic E-state index is 12.5. The molecule has 1 aliphatic rings. The lowest BCUT2D eigenvalue weighted by Crippen LogP contribution is -2.42. The van der Waals surface area contributed by atoms with E-state index < -0.39 is 5.60 Å². The Kier molecular flexibility index (Phi) is 7.19. The summed E-state index contributed by atoms with van der Waals surface area (Å²) in [6.45, 7) is 12.7. The van der Waals surface area contributed by atoms with E-state index in [4.69, 9.17) is 9.47 Å². The highest BCUT2D eigenvalue weighted by Gasteiger charge is 2.29. The van der Waals surface area contributed by atoms with Crippen molar-refractivity contribution in [2.24, 2.45) is 0 Å². The van der Waals surface area contributed by atoms with Crippen molar-refractivity contribution < 1.29 is 14.3 Å². The predicted octanol–water partition coefficient (Wildman–Crippen LogP) is 5.19. The third-order valence-electron chi connectivity index (χ3n) is 7.03. The lowest BCUT2D eigenvalue weighted by Gasteiger charge is -2.33. The molecular formula is C29H34N8O3. The molecule has 0 aromatic carbocycles. The molecule has 0 aliphatic carbocycles. The van der Waals surface area contributed by atoms with Crippen LogP contribution in [0.3, 0.4) is 0 Å². The van der Waals surface area contributed by atoms with E-state index in [1.165, 1.54) is 6.20 Å². The Balaban J connectivity index is 1.41. The zero-order valence-corrected chi connectivity index (χ0v) is 23.7. The van der Waals surface area contributed by atoms with Crippen LogP contribution in [-0.4, -0.2) is 59.3 Å². The van der Waals surface area contributed by atoms with Gasteiger partial charge in [-0.05, 0) is 72.1 Å². The summed E-state index contributed by atoms with van der Waals surface area (Å²) in [5.74, 6) is 0.528. The molecule has 1 amide bonds. The third kappa shape index (κ3) is 5.47. The van der Waals surface area contributed by atoms with Crippen LogP contribution in [0.4, 0.5) is 4.79 Å². The SMILES string of the molecule is Cc1cncc(C(C)Oc2cc(-c3nnn(C4CCN(C(=O)OC(C)(C)C)CC4)c3C)cn3ncc(C#N)c23)c1. The highest BCUT2D eigenvalue weighted by Crippen LogP contribution is 2.34. The number of nitriles is 1. The molecule has 1 aliphatic heterocycles. The summed E-state index contributed by atoms with van der Waals surface area (Å²) in [6.07, 6.45) is 7.87. The second-order valence-electron chi connectivity index (χ2n) is 11.3. The van der Waals surface area contributed by atoms with Crippen molar-refractivity contribution in [2.45, 2.75) is 72.1 Å². The summed E-state index contributed by atoms with van der Waals surface area (Å²) < 4.78 is 15.5. The first-order valence-electron chi connectivity index (χ1n) is 13.4. The Morgan fingerprint density at radius 2 is 1.90 bits per heavy atom. The molecule has 1 fully saturated rings. The molecule has 1 saturated heterocycles. The number of amides is 1. The number of fused-ring (bicyclic) bond motifs is 1. The van der Waals surface area contributed by atoms with Gasteiger partial charge in [-0.3, -0.25) is 4.98 Å². The molecule has 0 spiro atoms. The van der Waals surface area contributed by atoms with Gasteiger partial charge in [0.2, 0.25) is 0 Å². The minimum absolute atomic E-state index is 0.114. The van der Waals surface area contributed by atoms with E-state index in [0.717, 1.165) is 35.2 Å². The number of likely N-dealkylation sites (tertiary alicyclic amines) is 1. The van der Waals surface area contributed by atoms with Gasteiger partial charge >= 0.3 is 6.09 Å². The topological polar surface area (TPSA) is 123 Å². The molecule has 1 atom stereocenters. The van der Waals surface area contributed by atoms with E-state index in [0.29, 0.717) is 35.6 Å². The van der Waals surface area contributed by atoms with E-state index >= 15 is 0 Å². The van der Waals surface area contributed by atoms with Gasteiger partial charge in [-0.2, -0.15) is 10.4 Å². The second kappa shape index (κ2) is 10.6. The Morgan fingerprint density at radius 1 is 1.15 bits per heavy atom. The van der Waals surface area contributed by atoms with Crippen LogP contribution in [0, 0.1) is 25.2 Å². The average molecular weight is 543 g/mol. The summed E-state index contributed by atoms with van der Waals surface area (Å²) in [5, 5.41) is 23.1. The molecule has 40 heavy (non-hydrogen) atoms. The summed E-state index contributed by atoms with van der Waals surface area (Å²) in [5.41, 5.74) is 4.86. The van der Waals surface area contributed by atoms with E-state index in [-0.39, 0.29) is 18.2 Å². The zero-order chi connectivity index (χ0) is 28.6. The number of hydrogen-bond donors (Lipinski definition) is 0. The van der Waals surface area contributed by atoms with Gasteiger partial charge in [0.05, 0.1) is 17.9 Å². The van der Waals surface area contributed by atoms with Gasteiger partial charge in [0.25, 0.3) is 0 Å². The predicted molar refractivity (Wildman–Crippen MR) is 148 cm³/mol. The lowest BCUT2D eigenvalue weighted by molar-refractivity contribution is 0.0184. The molecule has 11 nitrogen and oxygen atoms in total. The van der Waals surface area contributed by atoms with Crippen molar-refractivity contribution in [1.29, 1.82) is 5.26 Å². The number of carbonyl (C=O) groups is 1. The van der Waals surface area contributed by atoms with Gasteiger partial charge in [0.1, 0.15) is 40.3 Å². The highest BCUT2D eigenvalue weighted by atomic mass is 16.6. The van der Waals surface area contributed by atoms with Crippen molar-refractivity contribution in [3.05, 3.63) is 59.3 Å². The zero-order valence-electron chi connectivity index (χ0n) is 23.7. The van der Waals surface area contributed by atoms with E-state index in [1.807, 2.05) is 64.6 Å². The van der Waals surface area contributed by atoms with Gasteiger partial charge in [-0.1, -0.05) is 5.21 Å². The van der Waals surface area contributed by atoms with Crippen LogP contribution < -0.4 is 4.74 Å². The van der Waals surface area contributed by atoms with Crippen LogP contribution in [0.5, 0.6) is 5.75 Å². The Bertz CT molecular complexity index is 1590. The third-order valence-corrected chi connectivity index (χ3v) is 7.03. The number of aryl methyl sites for hydroxylation is 1. The fourth-order valence-electron chi connectivity index (χ4n) is 5.02. The first kappa shape index (κ1) is 27.1. The summed E-state index contributed by atoms with van der Waals surface area (Å²) in [4.78, 5) is 18.5.